The van der Waals surface area contributed by atoms with Crippen molar-refractivity contribution >= 4 is 51.9 Å². The molecule has 16 heteroatoms. The summed E-state index contributed by atoms with van der Waals surface area (Å²) in [5.74, 6) is -5.38. The molecule has 2 heterocycles. The van der Waals surface area contributed by atoms with E-state index in [1.807, 2.05) is 31.2 Å². The largest absolute Gasteiger partial charge is 0.411 e. The number of halogens is 2. The van der Waals surface area contributed by atoms with Crippen LogP contribution in [-0.2, 0) is 51.3 Å². The van der Waals surface area contributed by atoms with Crippen molar-refractivity contribution in [2.75, 3.05) is 11.9 Å². The number of primary amides is 1. The summed E-state index contributed by atoms with van der Waals surface area (Å²) >= 11 is 2.14. The van der Waals surface area contributed by atoms with Crippen LogP contribution in [0.2, 0.25) is 0 Å². The minimum atomic E-state index is -1.25. The van der Waals surface area contributed by atoms with Gasteiger partial charge in [-0.2, -0.15) is 0 Å². The third-order valence-corrected chi connectivity index (χ3v) is 12.1. The molecular weight excluding hydrogens is 787 g/mol. The molecule has 0 fully saturated rings. The molecule has 3 atom stereocenters. The highest BCUT2D eigenvalue weighted by Crippen LogP contribution is 2.38. The average Bonchev–Trinajstić information content (AvgIpc) is 3.82. The van der Waals surface area contributed by atoms with E-state index >= 15 is 0 Å². The summed E-state index contributed by atoms with van der Waals surface area (Å²) < 4.78 is 39.8. The zero-order valence-corrected chi connectivity index (χ0v) is 33.4. The Morgan fingerprint density at radius 1 is 0.931 bits per heavy atom. The molecule has 0 radical (unpaired) electrons. The molecule has 12 nitrogen and oxygen atoms in total. The van der Waals surface area contributed by atoms with E-state index in [-0.39, 0.29) is 41.6 Å². The lowest BCUT2D eigenvalue weighted by atomic mass is 9.90. The summed E-state index contributed by atoms with van der Waals surface area (Å²) in [7, 11) is 0. The molecule has 1 unspecified atom stereocenters. The van der Waals surface area contributed by atoms with Gasteiger partial charge in [-0.3, -0.25) is 19.2 Å². The van der Waals surface area contributed by atoms with Crippen LogP contribution < -0.4 is 22.1 Å². The predicted octanol–water partition coefficient (Wildman–Crippen LogP) is 6.54. The van der Waals surface area contributed by atoms with Gasteiger partial charge in [-0.15, -0.1) is 21.5 Å². The van der Waals surface area contributed by atoms with Gasteiger partial charge < -0.3 is 31.3 Å². The molecule has 6 N–H and O–H groups in total. The molecule has 1 aliphatic carbocycles. The molecule has 2 aromatic heterocycles. The fraction of sp³-hybridized carbons (Fsp3) is 0.333. The molecule has 3 aromatic carbocycles. The highest BCUT2D eigenvalue weighted by Gasteiger charge is 2.38. The lowest BCUT2D eigenvalue weighted by molar-refractivity contribution is -0.160. The Balaban J connectivity index is 1.22. The number of nitrogens with two attached hydrogens (primary N) is 2. The minimum absolute atomic E-state index is 0.0128. The number of rotatable bonds is 18. The quantitative estimate of drug-likeness (QED) is 0.0426. The van der Waals surface area contributed by atoms with Crippen molar-refractivity contribution in [2.24, 2.45) is 17.4 Å². The Morgan fingerprint density at radius 3 is 2.41 bits per heavy atom. The van der Waals surface area contributed by atoms with Gasteiger partial charge >= 0.3 is 11.9 Å². The van der Waals surface area contributed by atoms with Gasteiger partial charge in [-0.05, 0) is 96.8 Å². The van der Waals surface area contributed by atoms with E-state index in [0.29, 0.717) is 23.5 Å². The van der Waals surface area contributed by atoms with Gasteiger partial charge in [0.05, 0.1) is 12.0 Å². The molecule has 2 amide bonds. The molecule has 0 spiro atoms. The maximum Gasteiger partial charge on any atom is 0.327 e. The number of thioether (sulfide) groups is 1. The molecule has 1 aliphatic rings. The molecule has 0 saturated heterocycles. The van der Waals surface area contributed by atoms with Gasteiger partial charge in [0.15, 0.2) is 0 Å². The first-order valence-electron chi connectivity index (χ1n) is 19.0. The van der Waals surface area contributed by atoms with Crippen molar-refractivity contribution in [3.63, 3.8) is 0 Å². The Bertz CT molecular complexity index is 2230. The summed E-state index contributed by atoms with van der Waals surface area (Å²) in [6.07, 6.45) is 3.35. The number of amides is 2. The summed E-state index contributed by atoms with van der Waals surface area (Å²) in [6, 6.07) is 19.1. The van der Waals surface area contributed by atoms with Gasteiger partial charge in [0.2, 0.25) is 11.8 Å². The van der Waals surface area contributed by atoms with Gasteiger partial charge in [0.1, 0.15) is 21.9 Å². The maximum absolute atomic E-state index is 14.3. The first-order chi connectivity index (χ1) is 28.0. The second-order valence-corrected chi connectivity index (χ2v) is 16.2. The number of ether oxygens (including phenoxy) is 1. The van der Waals surface area contributed by atoms with Crippen molar-refractivity contribution in [2.45, 2.75) is 81.3 Å². The van der Waals surface area contributed by atoms with E-state index in [2.05, 4.69) is 26.9 Å². The number of nitrogens with zero attached hydrogens (tertiary/aromatic N) is 2. The SMILES string of the molecule is CCc1cccc(CNC[C@@H](C(Sc2nnc(-c3ccccc3)o2)C(=O)OC(=O)CCC(=O)Nc2sc3c(c2C(N)=O)CCCC3)[C@@H](N)Cc2cc(F)cc(F)c2)c1. The molecular formula is C42H44F2N6O6S2. The van der Waals surface area contributed by atoms with Gasteiger partial charge in [-0.1, -0.05) is 49.4 Å². The number of esters is 2. The lowest BCUT2D eigenvalue weighted by Gasteiger charge is -2.29. The molecule has 0 bridgehead atoms. The Labute approximate surface area is 342 Å². The van der Waals surface area contributed by atoms with E-state index < -0.39 is 59.0 Å². The van der Waals surface area contributed by atoms with E-state index in [1.165, 1.54) is 23.5 Å². The normalized spacial score (nSPS) is 13.9. The third-order valence-electron chi connectivity index (χ3n) is 9.77. The zero-order valence-electron chi connectivity index (χ0n) is 31.8. The number of thiophene rings is 1. The van der Waals surface area contributed by atoms with Crippen molar-refractivity contribution in [1.29, 1.82) is 0 Å². The maximum atomic E-state index is 14.3. The van der Waals surface area contributed by atoms with E-state index in [4.69, 9.17) is 20.6 Å². The van der Waals surface area contributed by atoms with Crippen LogP contribution >= 0.6 is 23.1 Å². The Morgan fingerprint density at radius 2 is 1.67 bits per heavy atom. The standard InChI is InChI=1S/C42H44F2N6O6S2/c1-2-24-9-8-10-25(17-24)22-47-23-31(32(45)20-26-18-28(43)21-29(44)19-26)37(58-42-50-49-39(56-42)27-11-4-3-5-12-27)41(54)55-35(52)16-15-34(51)48-40-36(38(46)53)30-13-6-7-14-33(30)57-40/h3-5,8-12,17-19,21,31-32,37,47H,2,6-7,13-16,20,22-23,45H2,1H3,(H2,46,53)(H,48,51)/t31-,32+,37?/m1/s1. The first kappa shape index (κ1) is 42.3. The molecule has 0 aliphatic heterocycles. The number of aryl methyl sites for hydroxylation is 2. The van der Waals surface area contributed by atoms with Crippen LogP contribution in [0.25, 0.3) is 11.5 Å². The number of aromatic nitrogens is 2. The lowest BCUT2D eigenvalue weighted by Crippen LogP contribution is -2.47. The smallest absolute Gasteiger partial charge is 0.327 e. The van der Waals surface area contributed by atoms with Crippen molar-refractivity contribution in [3.05, 3.63) is 117 Å². The van der Waals surface area contributed by atoms with Crippen LogP contribution in [0, 0.1) is 17.6 Å². The monoisotopic (exact) mass is 830 g/mol. The number of nitrogens with one attached hydrogen (secondary N) is 2. The fourth-order valence-corrected chi connectivity index (χ4v) is 9.25. The number of hydrogen-bond acceptors (Lipinski definition) is 12. The predicted molar refractivity (Wildman–Crippen MR) is 217 cm³/mol. The second kappa shape index (κ2) is 19.9. The summed E-state index contributed by atoms with van der Waals surface area (Å²) in [4.78, 5) is 53.7. The van der Waals surface area contributed by atoms with E-state index in [9.17, 15) is 28.0 Å². The molecule has 304 valence electrons. The molecule has 6 rings (SSSR count). The zero-order chi connectivity index (χ0) is 41.2. The summed E-state index contributed by atoms with van der Waals surface area (Å²) in [6.45, 7) is 2.55. The summed E-state index contributed by atoms with van der Waals surface area (Å²) in [5.41, 5.74) is 16.6. The second-order valence-electron chi connectivity index (χ2n) is 14.0. The minimum Gasteiger partial charge on any atom is -0.411 e. The van der Waals surface area contributed by atoms with Crippen molar-refractivity contribution in [1.82, 2.24) is 15.5 Å². The number of hydrogen-bond donors (Lipinski definition) is 4. The number of carbonyl (C=O) groups excluding carboxylic acids is 4. The fourth-order valence-electron chi connectivity index (χ4n) is 6.89. The highest BCUT2D eigenvalue weighted by atomic mass is 32.2. The van der Waals surface area contributed by atoms with Crippen LogP contribution in [0.15, 0.2) is 82.4 Å². The third kappa shape index (κ3) is 11.2. The number of carbonyl (C=O) groups is 4. The van der Waals surface area contributed by atoms with Gasteiger partial charge in [0, 0.05) is 48.0 Å². The first-order valence-corrected chi connectivity index (χ1v) is 20.7. The average molecular weight is 831 g/mol. The number of anilines is 1. The molecule has 0 saturated carbocycles. The number of fused-ring (bicyclic) bond motifs is 1. The van der Waals surface area contributed by atoms with E-state index in [0.717, 1.165) is 65.1 Å². The summed E-state index contributed by atoms with van der Waals surface area (Å²) in [5, 5.41) is 13.4. The van der Waals surface area contributed by atoms with Crippen LogP contribution in [-0.4, -0.2) is 51.8 Å². The molecule has 5 aromatic rings. The van der Waals surface area contributed by atoms with Crippen LogP contribution in [0.5, 0.6) is 0 Å². The number of benzene rings is 3. The van der Waals surface area contributed by atoms with Crippen LogP contribution in [0.3, 0.4) is 0 Å². The Kier molecular flexibility index (Phi) is 14.5. The van der Waals surface area contributed by atoms with Gasteiger partial charge in [-0.25, -0.2) is 8.78 Å². The molecule has 58 heavy (non-hydrogen) atoms. The van der Waals surface area contributed by atoms with E-state index in [1.54, 1.807) is 24.3 Å². The van der Waals surface area contributed by atoms with Gasteiger partial charge in [0.25, 0.3) is 11.1 Å². The Hall–Kier alpha value is -5.29. The van der Waals surface area contributed by atoms with Crippen LogP contribution in [0.1, 0.15) is 70.1 Å². The van der Waals surface area contributed by atoms with Crippen molar-refractivity contribution in [3.8, 4) is 11.5 Å². The highest BCUT2D eigenvalue weighted by molar-refractivity contribution is 8.00. The van der Waals surface area contributed by atoms with Crippen LogP contribution in [0.4, 0.5) is 13.8 Å². The topological polar surface area (TPSA) is 193 Å². The van der Waals surface area contributed by atoms with Crippen molar-refractivity contribution < 1.29 is 37.1 Å².